The van der Waals surface area contributed by atoms with E-state index in [0.717, 1.165) is 9.80 Å². The van der Waals surface area contributed by atoms with Crippen LogP contribution in [-0.2, 0) is 9.59 Å². The first-order chi connectivity index (χ1) is 6.11. The van der Waals surface area contributed by atoms with Gasteiger partial charge < -0.3 is 0 Å². The van der Waals surface area contributed by atoms with Gasteiger partial charge in [0.15, 0.2) is 0 Å². The molecule has 1 radical (unpaired) electrons. The Kier molecular flexibility index (Phi) is 5.33. The van der Waals surface area contributed by atoms with E-state index in [1.165, 1.54) is 0 Å². The molecule has 14 heavy (non-hydrogen) atoms. The summed E-state index contributed by atoms with van der Waals surface area (Å²) in [5.74, 6) is -0.801. The number of urea groups is 1. The third-order valence-electron chi connectivity index (χ3n) is 2.00. The number of carbonyl (C=O) groups excluding carboxylic acids is 3. The summed E-state index contributed by atoms with van der Waals surface area (Å²) in [6.07, 6.45) is -0.187. The third-order valence-corrected chi connectivity index (χ3v) is 2.00. The molecule has 1 fully saturated rings. The summed E-state index contributed by atoms with van der Waals surface area (Å²) in [7, 11) is 0. The van der Waals surface area contributed by atoms with Gasteiger partial charge in [0.05, 0.1) is 0 Å². The van der Waals surface area contributed by atoms with E-state index >= 15 is 0 Å². The van der Waals surface area contributed by atoms with E-state index in [1.54, 1.807) is 13.8 Å². The molecule has 0 atom stereocenters. The Morgan fingerprint density at radius 2 is 1.36 bits per heavy atom. The molecular formula is C8H12N2NaO3. The van der Waals surface area contributed by atoms with Gasteiger partial charge in [-0.05, 0) is 13.8 Å². The van der Waals surface area contributed by atoms with Gasteiger partial charge in [-0.1, -0.05) is 0 Å². The van der Waals surface area contributed by atoms with E-state index < -0.39 is 17.8 Å². The molecule has 0 aromatic carbocycles. The first-order valence-corrected chi connectivity index (χ1v) is 4.26. The smallest absolute Gasteiger partial charge is 0.274 e. The van der Waals surface area contributed by atoms with E-state index in [4.69, 9.17) is 0 Å². The molecule has 0 unspecified atom stereocenters. The number of imide groups is 2. The van der Waals surface area contributed by atoms with Crippen molar-refractivity contribution in [3.63, 3.8) is 0 Å². The number of hydrogen-bond acceptors (Lipinski definition) is 3. The molecule has 73 valence electrons. The van der Waals surface area contributed by atoms with Crippen LogP contribution >= 0.6 is 0 Å². The van der Waals surface area contributed by atoms with Crippen molar-refractivity contribution in [1.82, 2.24) is 9.80 Å². The van der Waals surface area contributed by atoms with Gasteiger partial charge in [-0.2, -0.15) is 0 Å². The van der Waals surface area contributed by atoms with Crippen molar-refractivity contribution < 1.29 is 14.4 Å². The molecule has 0 N–H and O–H groups in total. The summed E-state index contributed by atoms with van der Waals surface area (Å²) in [6, 6.07) is -0.494. The maximum atomic E-state index is 11.4. The molecule has 0 aromatic heterocycles. The number of carbonyl (C=O) groups is 3. The summed E-state index contributed by atoms with van der Waals surface area (Å²) >= 11 is 0. The molecule has 1 aliphatic heterocycles. The summed E-state index contributed by atoms with van der Waals surface area (Å²) in [6.45, 7) is 4.06. The normalized spacial score (nSPS) is 17.1. The first-order valence-electron chi connectivity index (χ1n) is 4.26. The molecule has 1 saturated heterocycles. The van der Waals surface area contributed by atoms with Crippen LogP contribution in [0.25, 0.3) is 0 Å². The van der Waals surface area contributed by atoms with Crippen molar-refractivity contribution in [3.8, 4) is 0 Å². The van der Waals surface area contributed by atoms with Crippen LogP contribution in [0.1, 0.15) is 20.3 Å². The molecule has 0 bridgehead atoms. The second-order valence-electron chi connectivity index (χ2n) is 2.74. The topological polar surface area (TPSA) is 57.7 Å². The minimum Gasteiger partial charge on any atom is -0.274 e. The molecule has 4 amide bonds. The molecule has 1 rings (SSSR count). The Bertz CT molecular complexity index is 243. The number of barbiturate groups is 1. The summed E-state index contributed by atoms with van der Waals surface area (Å²) < 4.78 is 0. The van der Waals surface area contributed by atoms with Gasteiger partial charge in [-0.15, -0.1) is 0 Å². The zero-order valence-corrected chi connectivity index (χ0v) is 10.7. The summed E-state index contributed by atoms with van der Waals surface area (Å²) in [4.78, 5) is 35.9. The van der Waals surface area contributed by atoms with Gasteiger partial charge >= 0.3 is 6.03 Å². The molecule has 1 aliphatic rings. The number of amides is 4. The van der Waals surface area contributed by atoms with Crippen LogP contribution in [0.3, 0.4) is 0 Å². The zero-order valence-electron chi connectivity index (χ0n) is 8.74. The predicted octanol–water partition coefficient (Wildman–Crippen LogP) is -0.174. The SMILES string of the molecule is CCN1C(=O)CC(=O)N(CC)C1=O.[Na]. The second-order valence-corrected chi connectivity index (χ2v) is 2.74. The van der Waals surface area contributed by atoms with Crippen LogP contribution in [0.15, 0.2) is 0 Å². The van der Waals surface area contributed by atoms with Gasteiger partial charge in [0.1, 0.15) is 6.42 Å². The van der Waals surface area contributed by atoms with Gasteiger partial charge in [0, 0.05) is 42.6 Å². The Hall–Kier alpha value is -0.390. The van der Waals surface area contributed by atoms with Crippen molar-refractivity contribution in [2.75, 3.05) is 13.1 Å². The predicted molar refractivity (Wildman–Crippen MR) is 50.5 cm³/mol. The molecule has 0 aliphatic carbocycles. The van der Waals surface area contributed by atoms with E-state index in [9.17, 15) is 14.4 Å². The van der Waals surface area contributed by atoms with Gasteiger partial charge in [-0.25, -0.2) is 4.79 Å². The van der Waals surface area contributed by atoms with E-state index in [2.05, 4.69) is 0 Å². The molecule has 0 aromatic rings. The molecule has 1 heterocycles. The number of rotatable bonds is 2. The molecule has 6 heteroatoms. The van der Waals surface area contributed by atoms with Gasteiger partial charge in [0.25, 0.3) is 0 Å². The van der Waals surface area contributed by atoms with Crippen LogP contribution in [0, 0.1) is 0 Å². The van der Waals surface area contributed by atoms with Crippen molar-refractivity contribution >= 4 is 47.4 Å². The van der Waals surface area contributed by atoms with Crippen molar-refractivity contribution in [2.24, 2.45) is 0 Å². The standard InChI is InChI=1S/C8H12N2O3.Na/c1-3-9-6(11)5-7(12)10(4-2)8(9)13;/h3-5H2,1-2H3;. The van der Waals surface area contributed by atoms with E-state index in [-0.39, 0.29) is 36.0 Å². The van der Waals surface area contributed by atoms with Crippen LogP contribution < -0.4 is 0 Å². The number of hydrogen-bond donors (Lipinski definition) is 0. The second kappa shape index (κ2) is 5.48. The van der Waals surface area contributed by atoms with E-state index in [0.29, 0.717) is 13.1 Å². The zero-order chi connectivity index (χ0) is 10.0. The fourth-order valence-corrected chi connectivity index (χ4v) is 1.30. The molecule has 5 nitrogen and oxygen atoms in total. The summed E-state index contributed by atoms with van der Waals surface area (Å²) in [5.41, 5.74) is 0. The van der Waals surface area contributed by atoms with Gasteiger partial charge in [-0.3, -0.25) is 19.4 Å². The van der Waals surface area contributed by atoms with E-state index in [1.807, 2.05) is 0 Å². The fraction of sp³-hybridized carbons (Fsp3) is 0.625. The van der Waals surface area contributed by atoms with Crippen LogP contribution in [0.5, 0.6) is 0 Å². The molecule has 0 saturated carbocycles. The van der Waals surface area contributed by atoms with Crippen molar-refractivity contribution in [3.05, 3.63) is 0 Å². The minimum absolute atomic E-state index is 0. The minimum atomic E-state index is -0.494. The van der Waals surface area contributed by atoms with Crippen LogP contribution in [0.2, 0.25) is 0 Å². The maximum absolute atomic E-state index is 11.4. The maximum Gasteiger partial charge on any atom is 0.333 e. The Balaban J connectivity index is 0.00000169. The molecular weight excluding hydrogens is 195 g/mol. The fourth-order valence-electron chi connectivity index (χ4n) is 1.30. The first kappa shape index (κ1) is 13.6. The Labute approximate surface area is 105 Å². The van der Waals surface area contributed by atoms with Gasteiger partial charge in [0.2, 0.25) is 11.8 Å². The Morgan fingerprint density at radius 1 is 1.00 bits per heavy atom. The quantitative estimate of drug-likeness (QED) is 0.466. The third kappa shape index (κ3) is 2.34. The van der Waals surface area contributed by atoms with Crippen molar-refractivity contribution in [2.45, 2.75) is 20.3 Å². The van der Waals surface area contributed by atoms with Crippen molar-refractivity contribution in [1.29, 1.82) is 0 Å². The van der Waals surface area contributed by atoms with Crippen LogP contribution in [0.4, 0.5) is 4.79 Å². The Morgan fingerprint density at radius 3 is 1.64 bits per heavy atom. The monoisotopic (exact) mass is 207 g/mol. The molecule has 0 spiro atoms. The average molecular weight is 207 g/mol. The largest absolute Gasteiger partial charge is 0.333 e. The number of nitrogens with zero attached hydrogens (tertiary/aromatic N) is 2. The average Bonchev–Trinajstić information content (AvgIpc) is 2.04. The summed E-state index contributed by atoms with van der Waals surface area (Å²) in [5, 5.41) is 0. The van der Waals surface area contributed by atoms with Crippen LogP contribution in [-0.4, -0.2) is 70.3 Å².